The third-order valence-electron chi connectivity index (χ3n) is 6.15. The van der Waals surface area contributed by atoms with Gasteiger partial charge in [-0.3, -0.25) is 0 Å². The Kier molecular flexibility index (Phi) is 8.56. The highest BCUT2D eigenvalue weighted by molar-refractivity contribution is 5.98. The number of rotatable bonds is 9. The Labute approximate surface area is 194 Å². The van der Waals surface area contributed by atoms with Crippen LogP contribution in [0.4, 0.5) is 0 Å². The molecule has 2 aromatic rings. The summed E-state index contributed by atoms with van der Waals surface area (Å²) in [7, 11) is 0. The van der Waals surface area contributed by atoms with Crippen LogP contribution in [0.15, 0.2) is 30.3 Å². The average molecular weight is 439 g/mol. The Morgan fingerprint density at radius 1 is 0.844 bits per heavy atom. The zero-order valence-corrected chi connectivity index (χ0v) is 21.1. The second-order valence-electron chi connectivity index (χ2n) is 11.1. The summed E-state index contributed by atoms with van der Waals surface area (Å²) in [5, 5.41) is 21.4. The lowest BCUT2D eigenvalue weighted by molar-refractivity contribution is 0.0697. The number of benzene rings is 2. The van der Waals surface area contributed by atoms with E-state index >= 15 is 0 Å². The van der Waals surface area contributed by atoms with Gasteiger partial charge in [0.05, 0.1) is 5.56 Å². The molecule has 3 nitrogen and oxygen atoms in total. The first kappa shape index (κ1) is 26.0. The van der Waals surface area contributed by atoms with Crippen LogP contribution in [-0.4, -0.2) is 16.2 Å². The molecule has 32 heavy (non-hydrogen) atoms. The average Bonchev–Trinajstić information content (AvgIpc) is 2.68. The Balaban J connectivity index is 2.46. The monoisotopic (exact) mass is 438 g/mol. The van der Waals surface area contributed by atoms with Crippen LogP contribution >= 0.6 is 0 Å². The molecule has 0 heterocycles. The van der Waals surface area contributed by atoms with Gasteiger partial charge in [-0.25, -0.2) is 4.79 Å². The number of phenols is 1. The molecule has 0 spiro atoms. The summed E-state index contributed by atoms with van der Waals surface area (Å²) in [6.45, 7) is 14.3. The fourth-order valence-corrected chi connectivity index (χ4v) is 4.39. The number of aryl methyl sites for hydroxylation is 1. The molecule has 2 aromatic carbocycles. The van der Waals surface area contributed by atoms with Crippen molar-refractivity contribution in [2.24, 2.45) is 0 Å². The Morgan fingerprint density at radius 3 is 1.91 bits per heavy atom. The first-order valence-electron chi connectivity index (χ1n) is 12.1. The van der Waals surface area contributed by atoms with Crippen LogP contribution in [0.2, 0.25) is 0 Å². The van der Waals surface area contributed by atoms with Gasteiger partial charge in [-0.15, -0.1) is 0 Å². The van der Waals surface area contributed by atoms with Crippen molar-refractivity contribution < 1.29 is 15.0 Å². The number of carboxylic acids is 1. The summed E-state index contributed by atoms with van der Waals surface area (Å²) < 4.78 is 0. The van der Waals surface area contributed by atoms with Crippen molar-refractivity contribution >= 4 is 5.97 Å². The molecule has 2 N–H and O–H groups in total. The lowest BCUT2D eigenvalue weighted by atomic mass is 9.74. The molecule has 0 aromatic heterocycles. The maximum Gasteiger partial charge on any atom is 0.336 e. The second-order valence-corrected chi connectivity index (χ2v) is 11.1. The van der Waals surface area contributed by atoms with E-state index in [1.807, 2.05) is 53.7 Å². The number of hydrogen-bond donors (Lipinski definition) is 2. The lowest BCUT2D eigenvalue weighted by Crippen LogP contribution is -2.20. The van der Waals surface area contributed by atoms with Crippen LogP contribution < -0.4 is 0 Å². The molecular weight excluding hydrogens is 396 g/mol. The fourth-order valence-electron chi connectivity index (χ4n) is 4.39. The van der Waals surface area contributed by atoms with Crippen molar-refractivity contribution in [2.45, 2.75) is 104 Å². The zero-order valence-electron chi connectivity index (χ0n) is 21.1. The Hall–Kier alpha value is -2.29. The van der Waals surface area contributed by atoms with E-state index in [9.17, 15) is 15.0 Å². The van der Waals surface area contributed by atoms with Crippen LogP contribution in [0.3, 0.4) is 0 Å². The first-order chi connectivity index (χ1) is 14.9. The van der Waals surface area contributed by atoms with E-state index in [0.29, 0.717) is 16.7 Å². The van der Waals surface area contributed by atoms with E-state index in [1.54, 1.807) is 6.07 Å². The summed E-state index contributed by atoms with van der Waals surface area (Å²) in [5.74, 6) is -0.756. The number of carboxylic acid groups (broad SMARTS) is 1. The zero-order chi connectivity index (χ0) is 24.1. The van der Waals surface area contributed by atoms with Crippen molar-refractivity contribution in [3.63, 3.8) is 0 Å². The summed E-state index contributed by atoms with van der Waals surface area (Å²) in [6.07, 6.45) is 8.66. The van der Waals surface area contributed by atoms with Gasteiger partial charge in [0.25, 0.3) is 0 Å². The van der Waals surface area contributed by atoms with E-state index in [0.717, 1.165) is 12.0 Å². The topological polar surface area (TPSA) is 57.5 Å². The molecule has 0 aliphatic carbocycles. The summed E-state index contributed by atoms with van der Waals surface area (Å²) in [6, 6.07) is 9.90. The van der Waals surface area contributed by atoms with Crippen LogP contribution in [0.1, 0.15) is 114 Å². The summed E-state index contributed by atoms with van der Waals surface area (Å²) in [5.41, 5.74) is 3.58. The highest BCUT2D eigenvalue weighted by atomic mass is 16.4. The van der Waals surface area contributed by atoms with Gasteiger partial charge < -0.3 is 10.2 Å². The SMILES string of the molecule is CCCCCCCCc1ccc(-c2c(C(=O)O)cc(C(C)(C)C)c(O)c2C(C)(C)C)cc1. The lowest BCUT2D eigenvalue weighted by Gasteiger charge is -2.31. The highest BCUT2D eigenvalue weighted by Gasteiger charge is 2.32. The van der Waals surface area contributed by atoms with Gasteiger partial charge >= 0.3 is 5.97 Å². The third-order valence-corrected chi connectivity index (χ3v) is 6.15. The summed E-state index contributed by atoms with van der Waals surface area (Å²) >= 11 is 0. The fraction of sp³-hybridized carbons (Fsp3) is 0.552. The minimum absolute atomic E-state index is 0.209. The Morgan fingerprint density at radius 2 is 1.41 bits per heavy atom. The van der Waals surface area contributed by atoms with E-state index < -0.39 is 11.4 Å². The van der Waals surface area contributed by atoms with Gasteiger partial charge in [-0.05, 0) is 40.9 Å². The van der Waals surface area contributed by atoms with Gasteiger partial charge in [0.15, 0.2) is 0 Å². The molecule has 0 radical (unpaired) electrons. The smallest absolute Gasteiger partial charge is 0.336 e. The maximum atomic E-state index is 12.3. The number of hydrogen-bond acceptors (Lipinski definition) is 2. The van der Waals surface area contributed by atoms with Crippen molar-refractivity contribution in [3.05, 3.63) is 52.6 Å². The molecule has 2 rings (SSSR count). The number of aromatic carboxylic acids is 1. The molecule has 0 aliphatic heterocycles. The maximum absolute atomic E-state index is 12.3. The van der Waals surface area contributed by atoms with Gasteiger partial charge in [0.2, 0.25) is 0 Å². The first-order valence-corrected chi connectivity index (χ1v) is 12.1. The molecule has 0 fully saturated rings. The molecule has 0 bridgehead atoms. The van der Waals surface area contributed by atoms with Crippen molar-refractivity contribution in [2.75, 3.05) is 0 Å². The van der Waals surface area contributed by atoms with Crippen LogP contribution in [-0.2, 0) is 17.3 Å². The predicted molar refractivity (Wildman–Crippen MR) is 135 cm³/mol. The number of aromatic hydroxyl groups is 1. The minimum atomic E-state index is -0.966. The van der Waals surface area contributed by atoms with Gasteiger partial charge in [0, 0.05) is 16.7 Å². The summed E-state index contributed by atoms with van der Waals surface area (Å²) in [4.78, 5) is 12.3. The van der Waals surface area contributed by atoms with Crippen LogP contribution in [0.5, 0.6) is 5.75 Å². The predicted octanol–water partition coefficient (Wildman–Crippen LogP) is 8.26. The standard InChI is InChI=1S/C29H42O3/c1-8-9-10-11-12-13-14-20-15-17-21(18-16-20)24-22(27(31)32)19-23(28(2,3)4)26(30)25(24)29(5,6)7/h15-19,30H,8-14H2,1-7H3,(H,31,32). The number of unbranched alkanes of at least 4 members (excludes halogenated alkanes) is 5. The van der Waals surface area contributed by atoms with Crippen molar-refractivity contribution in [3.8, 4) is 16.9 Å². The molecule has 0 aliphatic rings. The molecule has 3 heteroatoms. The molecule has 0 amide bonds. The molecule has 0 unspecified atom stereocenters. The number of carbonyl (C=O) groups is 1. The second kappa shape index (κ2) is 10.6. The molecular formula is C29H42O3. The molecule has 0 saturated carbocycles. The third kappa shape index (κ3) is 6.37. The van der Waals surface area contributed by atoms with E-state index in [2.05, 4.69) is 19.1 Å². The molecule has 0 atom stereocenters. The largest absolute Gasteiger partial charge is 0.507 e. The number of phenolic OH excluding ortho intramolecular Hbond substituents is 1. The minimum Gasteiger partial charge on any atom is -0.507 e. The normalized spacial score (nSPS) is 12.2. The Bertz CT molecular complexity index is 909. The molecule has 0 saturated heterocycles. The van der Waals surface area contributed by atoms with Crippen LogP contribution in [0.25, 0.3) is 11.1 Å². The van der Waals surface area contributed by atoms with Crippen molar-refractivity contribution in [1.82, 2.24) is 0 Å². The van der Waals surface area contributed by atoms with E-state index in [1.165, 1.54) is 44.1 Å². The molecule has 176 valence electrons. The van der Waals surface area contributed by atoms with Crippen LogP contribution in [0, 0.1) is 0 Å². The quantitative estimate of drug-likeness (QED) is 0.387. The van der Waals surface area contributed by atoms with Crippen molar-refractivity contribution in [1.29, 1.82) is 0 Å². The van der Waals surface area contributed by atoms with Gasteiger partial charge in [-0.2, -0.15) is 0 Å². The van der Waals surface area contributed by atoms with E-state index in [4.69, 9.17) is 0 Å². The van der Waals surface area contributed by atoms with Gasteiger partial charge in [0.1, 0.15) is 5.75 Å². The van der Waals surface area contributed by atoms with E-state index in [-0.39, 0.29) is 16.7 Å². The highest BCUT2D eigenvalue weighted by Crippen LogP contribution is 2.46. The van der Waals surface area contributed by atoms with Gasteiger partial charge in [-0.1, -0.05) is 105 Å².